The fourth-order valence-electron chi connectivity index (χ4n) is 1.42. The number of nitrogens with zero attached hydrogens (tertiary/aromatic N) is 2. The van der Waals surface area contributed by atoms with E-state index in [0.29, 0.717) is 12.0 Å². The van der Waals surface area contributed by atoms with E-state index in [1.54, 1.807) is 12.1 Å². The molecule has 1 aromatic rings. The van der Waals surface area contributed by atoms with Gasteiger partial charge in [-0.25, -0.2) is 0 Å². The third kappa shape index (κ3) is 3.10. The molecule has 0 unspecified atom stereocenters. The minimum absolute atomic E-state index is 0.517. The van der Waals surface area contributed by atoms with Crippen LogP contribution in [0.15, 0.2) is 24.3 Å². The molecule has 1 aromatic carbocycles. The molecule has 0 saturated heterocycles. The first-order chi connectivity index (χ1) is 7.31. The van der Waals surface area contributed by atoms with E-state index in [4.69, 9.17) is 5.26 Å². The van der Waals surface area contributed by atoms with Crippen molar-refractivity contribution < 1.29 is 4.79 Å². The number of hydrogen-bond donors (Lipinski definition) is 0. The van der Waals surface area contributed by atoms with Crippen molar-refractivity contribution in [3.8, 4) is 6.07 Å². The summed E-state index contributed by atoms with van der Waals surface area (Å²) in [5.74, 6) is 0. The van der Waals surface area contributed by atoms with Gasteiger partial charge in [0, 0.05) is 24.3 Å². The summed E-state index contributed by atoms with van der Waals surface area (Å²) in [5.41, 5.74) is 1.73. The van der Waals surface area contributed by atoms with Gasteiger partial charge in [0.25, 0.3) is 0 Å². The highest BCUT2D eigenvalue weighted by Crippen LogP contribution is 2.14. The van der Waals surface area contributed by atoms with E-state index in [0.717, 1.165) is 25.1 Å². The van der Waals surface area contributed by atoms with Gasteiger partial charge in [0.2, 0.25) is 0 Å². The molecule has 0 fully saturated rings. The van der Waals surface area contributed by atoms with Gasteiger partial charge < -0.3 is 4.90 Å². The van der Waals surface area contributed by atoms with Crippen LogP contribution in [0.1, 0.15) is 23.7 Å². The molecule has 0 aromatic heterocycles. The Labute approximate surface area is 89.9 Å². The average Bonchev–Trinajstić information content (AvgIpc) is 2.31. The second-order valence-electron chi connectivity index (χ2n) is 3.20. The second-order valence-corrected chi connectivity index (χ2v) is 3.20. The van der Waals surface area contributed by atoms with E-state index >= 15 is 0 Å². The highest BCUT2D eigenvalue weighted by Gasteiger charge is 2.02. The van der Waals surface area contributed by atoms with Crippen LogP contribution >= 0.6 is 0 Å². The summed E-state index contributed by atoms with van der Waals surface area (Å²) in [6.45, 7) is 3.64. The van der Waals surface area contributed by atoms with Crippen LogP contribution in [-0.2, 0) is 0 Å². The molecule has 0 aliphatic rings. The van der Waals surface area contributed by atoms with Gasteiger partial charge in [0.15, 0.2) is 0 Å². The second kappa shape index (κ2) is 5.82. The summed E-state index contributed by atoms with van der Waals surface area (Å²) in [6.07, 6.45) is 1.35. The third-order valence-corrected chi connectivity index (χ3v) is 2.27. The molecule has 0 bridgehead atoms. The van der Waals surface area contributed by atoms with Gasteiger partial charge in [-0.15, -0.1) is 0 Å². The molecule has 0 spiro atoms. The Morgan fingerprint density at radius 3 is 2.53 bits per heavy atom. The van der Waals surface area contributed by atoms with Crippen LogP contribution in [0.2, 0.25) is 0 Å². The van der Waals surface area contributed by atoms with E-state index in [1.807, 2.05) is 19.1 Å². The largest absolute Gasteiger partial charge is 0.371 e. The van der Waals surface area contributed by atoms with Gasteiger partial charge in [-0.3, -0.25) is 4.79 Å². The lowest BCUT2D eigenvalue weighted by Crippen LogP contribution is -2.23. The number of aldehydes is 1. The number of carbonyl (C=O) groups is 1. The maximum atomic E-state index is 10.5. The Hall–Kier alpha value is -1.82. The highest BCUT2D eigenvalue weighted by molar-refractivity contribution is 5.75. The lowest BCUT2D eigenvalue weighted by atomic mass is 10.2. The fraction of sp³-hybridized carbons (Fsp3) is 0.333. The van der Waals surface area contributed by atoms with Crippen LogP contribution in [0.4, 0.5) is 5.69 Å². The molecule has 3 nitrogen and oxygen atoms in total. The zero-order valence-electron chi connectivity index (χ0n) is 8.81. The van der Waals surface area contributed by atoms with Gasteiger partial charge in [-0.05, 0) is 31.2 Å². The Kier molecular flexibility index (Phi) is 4.36. The minimum Gasteiger partial charge on any atom is -0.371 e. The molecule has 15 heavy (non-hydrogen) atoms. The maximum absolute atomic E-state index is 10.5. The maximum Gasteiger partial charge on any atom is 0.150 e. The van der Waals surface area contributed by atoms with Crippen LogP contribution in [0, 0.1) is 11.3 Å². The van der Waals surface area contributed by atoms with E-state index < -0.39 is 0 Å². The van der Waals surface area contributed by atoms with Crippen molar-refractivity contribution in [1.29, 1.82) is 5.26 Å². The van der Waals surface area contributed by atoms with Crippen molar-refractivity contribution in [1.82, 2.24) is 0 Å². The summed E-state index contributed by atoms with van der Waals surface area (Å²) >= 11 is 0. The summed E-state index contributed by atoms with van der Waals surface area (Å²) < 4.78 is 0. The number of hydrogen-bond acceptors (Lipinski definition) is 3. The van der Waals surface area contributed by atoms with E-state index in [9.17, 15) is 4.79 Å². The SMILES string of the molecule is CCN(CCC#N)c1ccc(C=O)cc1. The van der Waals surface area contributed by atoms with E-state index in [1.165, 1.54) is 0 Å². The van der Waals surface area contributed by atoms with Crippen molar-refractivity contribution in [3.05, 3.63) is 29.8 Å². The summed E-state index contributed by atoms with van der Waals surface area (Å²) in [6, 6.07) is 9.52. The van der Waals surface area contributed by atoms with Crippen molar-refractivity contribution in [2.75, 3.05) is 18.0 Å². The lowest BCUT2D eigenvalue weighted by molar-refractivity contribution is 0.112. The zero-order chi connectivity index (χ0) is 11.1. The molecular weight excluding hydrogens is 188 g/mol. The summed E-state index contributed by atoms with van der Waals surface area (Å²) in [5, 5.41) is 8.52. The smallest absolute Gasteiger partial charge is 0.150 e. The standard InChI is InChI=1S/C12H14N2O/c1-2-14(9-3-8-13)12-6-4-11(10-15)5-7-12/h4-7,10H,2-3,9H2,1H3. The first-order valence-electron chi connectivity index (χ1n) is 4.99. The predicted molar refractivity (Wildman–Crippen MR) is 59.9 cm³/mol. The lowest BCUT2D eigenvalue weighted by Gasteiger charge is -2.21. The van der Waals surface area contributed by atoms with Crippen molar-refractivity contribution in [2.45, 2.75) is 13.3 Å². The Balaban J connectivity index is 2.74. The average molecular weight is 202 g/mol. The number of carbonyl (C=O) groups excluding carboxylic acids is 1. The first kappa shape index (κ1) is 11.3. The van der Waals surface area contributed by atoms with Crippen LogP contribution in [-0.4, -0.2) is 19.4 Å². The number of nitriles is 1. The Morgan fingerprint density at radius 1 is 1.40 bits per heavy atom. The molecular formula is C12H14N2O. The Morgan fingerprint density at radius 2 is 2.07 bits per heavy atom. The number of benzene rings is 1. The van der Waals surface area contributed by atoms with Crippen molar-refractivity contribution >= 4 is 12.0 Å². The van der Waals surface area contributed by atoms with E-state index in [2.05, 4.69) is 11.0 Å². The normalized spacial score (nSPS) is 9.33. The zero-order valence-corrected chi connectivity index (χ0v) is 8.81. The van der Waals surface area contributed by atoms with Crippen LogP contribution in [0.25, 0.3) is 0 Å². The quantitative estimate of drug-likeness (QED) is 0.688. The molecule has 0 amide bonds. The van der Waals surface area contributed by atoms with Gasteiger partial charge >= 0.3 is 0 Å². The third-order valence-electron chi connectivity index (χ3n) is 2.27. The monoisotopic (exact) mass is 202 g/mol. The molecule has 1 rings (SSSR count). The predicted octanol–water partition coefficient (Wildman–Crippen LogP) is 2.24. The summed E-state index contributed by atoms with van der Waals surface area (Å²) in [7, 11) is 0. The van der Waals surface area contributed by atoms with Crippen molar-refractivity contribution in [2.24, 2.45) is 0 Å². The first-order valence-corrected chi connectivity index (χ1v) is 4.99. The van der Waals surface area contributed by atoms with Gasteiger partial charge in [-0.1, -0.05) is 0 Å². The Bertz CT molecular complexity index is 351. The molecule has 0 atom stereocenters. The minimum atomic E-state index is 0.517. The molecule has 78 valence electrons. The molecule has 0 aliphatic carbocycles. The van der Waals surface area contributed by atoms with Crippen LogP contribution < -0.4 is 4.90 Å². The number of anilines is 1. The van der Waals surface area contributed by atoms with Crippen LogP contribution in [0.3, 0.4) is 0 Å². The molecule has 0 aliphatic heterocycles. The van der Waals surface area contributed by atoms with Gasteiger partial charge in [-0.2, -0.15) is 5.26 Å². The molecule has 0 heterocycles. The fourth-order valence-corrected chi connectivity index (χ4v) is 1.42. The summed E-state index contributed by atoms with van der Waals surface area (Å²) in [4.78, 5) is 12.6. The topological polar surface area (TPSA) is 44.1 Å². The molecule has 3 heteroatoms. The molecule has 0 N–H and O–H groups in total. The molecule has 0 radical (unpaired) electrons. The number of rotatable bonds is 5. The van der Waals surface area contributed by atoms with Crippen LogP contribution in [0.5, 0.6) is 0 Å². The highest BCUT2D eigenvalue weighted by atomic mass is 16.1. The molecule has 0 saturated carbocycles. The van der Waals surface area contributed by atoms with Gasteiger partial charge in [0.05, 0.1) is 12.5 Å². The van der Waals surface area contributed by atoms with Crippen molar-refractivity contribution in [3.63, 3.8) is 0 Å². The van der Waals surface area contributed by atoms with E-state index in [-0.39, 0.29) is 0 Å². The van der Waals surface area contributed by atoms with Gasteiger partial charge in [0.1, 0.15) is 6.29 Å².